The van der Waals surface area contributed by atoms with Gasteiger partial charge in [0, 0.05) is 6.04 Å². The van der Waals surface area contributed by atoms with E-state index >= 15 is 0 Å². The van der Waals surface area contributed by atoms with Crippen LogP contribution in [-0.2, 0) is 4.74 Å². The number of nitrogens with one attached hydrogen (secondary N) is 1. The number of ether oxygens (including phenoxy) is 1. The molecule has 0 aromatic heterocycles. The summed E-state index contributed by atoms with van der Waals surface area (Å²) >= 11 is 0. The predicted octanol–water partition coefficient (Wildman–Crippen LogP) is 4.65. The van der Waals surface area contributed by atoms with Gasteiger partial charge in [-0.15, -0.1) is 0 Å². The lowest BCUT2D eigenvalue weighted by Crippen LogP contribution is -2.41. The number of halogens is 3. The van der Waals surface area contributed by atoms with E-state index in [4.69, 9.17) is 4.74 Å². The Morgan fingerprint density at radius 2 is 1.78 bits per heavy atom. The summed E-state index contributed by atoms with van der Waals surface area (Å²) in [5, 5.41) is 2.79. The van der Waals surface area contributed by atoms with Crippen LogP contribution < -0.4 is 5.32 Å². The molecule has 2 unspecified atom stereocenters. The Balaban J connectivity index is 2.02. The molecule has 6 heteroatoms. The highest BCUT2D eigenvalue weighted by Crippen LogP contribution is 2.34. The second kappa shape index (κ2) is 6.81. The molecule has 0 aliphatic heterocycles. The molecule has 1 fully saturated rings. The molecule has 0 saturated heterocycles. The Labute approximate surface area is 134 Å². The maximum Gasteiger partial charge on any atom is 0.407 e. The fourth-order valence-corrected chi connectivity index (χ4v) is 2.91. The molecule has 128 valence electrons. The van der Waals surface area contributed by atoms with Gasteiger partial charge in [0.15, 0.2) is 17.5 Å². The minimum atomic E-state index is -1.45. The Kier molecular flexibility index (Phi) is 5.22. The van der Waals surface area contributed by atoms with Crippen molar-refractivity contribution in [1.82, 2.24) is 5.32 Å². The zero-order chi connectivity index (χ0) is 17.2. The second-order valence-electron chi connectivity index (χ2n) is 7.01. The van der Waals surface area contributed by atoms with E-state index in [0.29, 0.717) is 12.0 Å². The van der Waals surface area contributed by atoms with Gasteiger partial charge in [0.2, 0.25) is 0 Å². The van der Waals surface area contributed by atoms with Crippen molar-refractivity contribution in [2.45, 2.75) is 64.0 Å². The molecule has 1 aliphatic carbocycles. The molecule has 1 aromatic rings. The van der Waals surface area contributed by atoms with E-state index in [-0.39, 0.29) is 12.0 Å². The van der Waals surface area contributed by atoms with Crippen LogP contribution >= 0.6 is 0 Å². The van der Waals surface area contributed by atoms with Gasteiger partial charge in [-0.05, 0) is 63.6 Å². The number of hydrogen-bond acceptors (Lipinski definition) is 2. The molecule has 2 atom stereocenters. The van der Waals surface area contributed by atoms with Crippen LogP contribution in [0.2, 0.25) is 0 Å². The molecule has 0 spiro atoms. The van der Waals surface area contributed by atoms with Crippen molar-refractivity contribution in [2.75, 3.05) is 0 Å². The topological polar surface area (TPSA) is 38.3 Å². The lowest BCUT2D eigenvalue weighted by molar-refractivity contribution is 0.0490. The third-order valence-electron chi connectivity index (χ3n) is 3.87. The lowest BCUT2D eigenvalue weighted by atomic mass is 9.81. The largest absolute Gasteiger partial charge is 0.444 e. The first kappa shape index (κ1) is 17.6. The molecular formula is C17H22F3NO2. The number of amides is 1. The average Bonchev–Trinajstić information content (AvgIpc) is 2.42. The van der Waals surface area contributed by atoms with Crippen LogP contribution in [0.3, 0.4) is 0 Å². The van der Waals surface area contributed by atoms with Crippen LogP contribution in [0.15, 0.2) is 12.1 Å². The van der Waals surface area contributed by atoms with Crippen LogP contribution in [-0.4, -0.2) is 17.7 Å². The Morgan fingerprint density at radius 1 is 1.17 bits per heavy atom. The number of hydrogen-bond donors (Lipinski definition) is 1. The van der Waals surface area contributed by atoms with E-state index < -0.39 is 29.1 Å². The van der Waals surface area contributed by atoms with Crippen LogP contribution in [0, 0.1) is 17.5 Å². The Hall–Kier alpha value is -1.72. The van der Waals surface area contributed by atoms with E-state index in [1.807, 2.05) is 0 Å². The van der Waals surface area contributed by atoms with Crippen molar-refractivity contribution < 1.29 is 22.7 Å². The molecule has 1 aromatic carbocycles. The predicted molar refractivity (Wildman–Crippen MR) is 80.7 cm³/mol. The summed E-state index contributed by atoms with van der Waals surface area (Å²) in [7, 11) is 0. The monoisotopic (exact) mass is 329 g/mol. The first-order valence-corrected chi connectivity index (χ1v) is 7.79. The normalized spacial score (nSPS) is 21.8. The van der Waals surface area contributed by atoms with Gasteiger partial charge in [-0.3, -0.25) is 0 Å². The van der Waals surface area contributed by atoms with Crippen molar-refractivity contribution >= 4 is 6.09 Å². The van der Waals surface area contributed by atoms with Gasteiger partial charge >= 0.3 is 6.09 Å². The summed E-state index contributed by atoms with van der Waals surface area (Å²) in [6.07, 6.45) is 2.38. The highest BCUT2D eigenvalue weighted by molar-refractivity contribution is 5.68. The zero-order valence-corrected chi connectivity index (χ0v) is 13.6. The fourth-order valence-electron chi connectivity index (χ4n) is 2.91. The van der Waals surface area contributed by atoms with Gasteiger partial charge in [0.05, 0.1) is 0 Å². The first-order chi connectivity index (χ1) is 10.7. The molecular weight excluding hydrogens is 307 g/mol. The van der Waals surface area contributed by atoms with Gasteiger partial charge in [0.25, 0.3) is 0 Å². The molecule has 1 N–H and O–H groups in total. The van der Waals surface area contributed by atoms with Crippen molar-refractivity contribution in [2.24, 2.45) is 0 Å². The minimum absolute atomic E-state index is 0.117. The van der Waals surface area contributed by atoms with E-state index in [0.717, 1.165) is 31.4 Å². The highest BCUT2D eigenvalue weighted by Gasteiger charge is 2.27. The summed E-state index contributed by atoms with van der Waals surface area (Å²) in [6, 6.07) is 1.96. The Bertz CT molecular complexity index is 561. The zero-order valence-electron chi connectivity index (χ0n) is 13.6. The average molecular weight is 329 g/mol. The fraction of sp³-hybridized carbons (Fsp3) is 0.588. The van der Waals surface area contributed by atoms with Gasteiger partial charge in [-0.2, -0.15) is 0 Å². The molecule has 1 saturated carbocycles. The molecule has 2 rings (SSSR count). The van der Waals surface area contributed by atoms with Gasteiger partial charge in [-0.1, -0.05) is 6.42 Å². The quantitative estimate of drug-likeness (QED) is 0.802. The lowest BCUT2D eigenvalue weighted by Gasteiger charge is -2.31. The Morgan fingerprint density at radius 3 is 2.35 bits per heavy atom. The van der Waals surface area contributed by atoms with Crippen molar-refractivity contribution in [1.29, 1.82) is 0 Å². The molecule has 1 aliphatic rings. The van der Waals surface area contributed by atoms with Crippen LogP contribution in [0.5, 0.6) is 0 Å². The smallest absolute Gasteiger partial charge is 0.407 e. The maximum atomic E-state index is 13.4. The molecule has 3 nitrogen and oxygen atoms in total. The van der Waals surface area contributed by atoms with Crippen LogP contribution in [0.1, 0.15) is 57.9 Å². The molecule has 23 heavy (non-hydrogen) atoms. The standard InChI is InChI=1S/C17H22F3NO2/c1-17(2,3)23-16(22)21-12-6-4-5-10(7-12)11-8-13(18)15(20)14(19)9-11/h8-10,12H,4-7H2,1-3H3,(H,21,22). The summed E-state index contributed by atoms with van der Waals surface area (Å²) in [5.41, 5.74) is -0.154. The highest BCUT2D eigenvalue weighted by atomic mass is 19.2. The SMILES string of the molecule is CC(C)(C)OC(=O)NC1CCCC(c2cc(F)c(F)c(F)c2)C1. The van der Waals surface area contributed by atoms with Crippen LogP contribution in [0.25, 0.3) is 0 Å². The molecule has 0 radical (unpaired) electrons. The summed E-state index contributed by atoms with van der Waals surface area (Å²) < 4.78 is 45.0. The van der Waals surface area contributed by atoms with Crippen LogP contribution in [0.4, 0.5) is 18.0 Å². The third-order valence-corrected chi connectivity index (χ3v) is 3.87. The maximum absolute atomic E-state index is 13.4. The molecule has 0 heterocycles. The van der Waals surface area contributed by atoms with Crippen molar-refractivity contribution in [3.8, 4) is 0 Å². The third kappa shape index (κ3) is 4.88. The summed E-state index contributed by atoms with van der Waals surface area (Å²) in [6.45, 7) is 5.33. The summed E-state index contributed by atoms with van der Waals surface area (Å²) in [4.78, 5) is 11.8. The number of rotatable bonds is 2. The van der Waals surface area contributed by atoms with Gasteiger partial charge in [0.1, 0.15) is 5.60 Å². The van der Waals surface area contributed by atoms with Crippen molar-refractivity contribution in [3.05, 3.63) is 35.1 Å². The van der Waals surface area contributed by atoms with Gasteiger partial charge in [-0.25, -0.2) is 18.0 Å². The van der Waals surface area contributed by atoms with E-state index in [1.165, 1.54) is 0 Å². The molecule has 1 amide bonds. The first-order valence-electron chi connectivity index (χ1n) is 7.79. The van der Waals surface area contributed by atoms with E-state index in [9.17, 15) is 18.0 Å². The van der Waals surface area contributed by atoms with Crippen molar-refractivity contribution in [3.63, 3.8) is 0 Å². The number of carbonyl (C=O) groups is 1. The summed E-state index contributed by atoms with van der Waals surface area (Å²) in [5.74, 6) is -3.93. The number of alkyl carbamates (subject to hydrolysis) is 1. The van der Waals surface area contributed by atoms with E-state index in [1.54, 1.807) is 20.8 Å². The molecule has 0 bridgehead atoms. The second-order valence-corrected chi connectivity index (χ2v) is 7.01. The number of benzene rings is 1. The number of carbonyl (C=O) groups excluding carboxylic acids is 1. The van der Waals surface area contributed by atoms with E-state index in [2.05, 4.69) is 5.32 Å². The minimum Gasteiger partial charge on any atom is -0.444 e. The van der Waals surface area contributed by atoms with Gasteiger partial charge < -0.3 is 10.1 Å².